The highest BCUT2D eigenvalue weighted by atomic mass is 16.1. The number of hydrogen-bond acceptors (Lipinski definition) is 2. The second kappa shape index (κ2) is 4.56. The van der Waals surface area contributed by atoms with Crippen LogP contribution in [0.15, 0.2) is 24.3 Å². The largest absolute Gasteiger partial charge is 0.326 e. The Kier molecular flexibility index (Phi) is 3.40. The van der Waals surface area contributed by atoms with Crippen molar-refractivity contribution in [2.75, 3.05) is 5.32 Å². The first-order chi connectivity index (χ1) is 6.65. The summed E-state index contributed by atoms with van der Waals surface area (Å²) in [5, 5.41) is 2.67. The molecule has 0 aliphatic carbocycles. The predicted octanol–water partition coefficient (Wildman–Crippen LogP) is 1.86. The third-order valence-electron chi connectivity index (χ3n) is 1.91. The van der Waals surface area contributed by atoms with E-state index in [0.717, 1.165) is 5.56 Å². The first-order valence-electron chi connectivity index (χ1n) is 4.39. The Labute approximate surface area is 83.1 Å². The lowest BCUT2D eigenvalue weighted by Crippen LogP contribution is -2.09. The lowest BCUT2D eigenvalue weighted by molar-refractivity contribution is -0.114. The van der Waals surface area contributed by atoms with Crippen LogP contribution < -0.4 is 5.32 Å². The molecule has 0 fully saturated rings. The molecule has 0 aliphatic heterocycles. The van der Waals surface area contributed by atoms with Crippen LogP contribution in [0.3, 0.4) is 0 Å². The van der Waals surface area contributed by atoms with Gasteiger partial charge >= 0.3 is 0 Å². The normalized spacial score (nSPS) is 11.9. The molecule has 3 nitrogen and oxygen atoms in total. The zero-order chi connectivity index (χ0) is 10.6. The first kappa shape index (κ1) is 10.4. The van der Waals surface area contributed by atoms with Crippen molar-refractivity contribution in [3.8, 4) is 0 Å². The molecule has 0 spiro atoms. The smallest absolute Gasteiger partial charge is 0.221 e. The van der Waals surface area contributed by atoms with Crippen molar-refractivity contribution in [2.24, 2.45) is 0 Å². The van der Waals surface area contributed by atoms with Crippen LogP contribution in [0, 0.1) is 0 Å². The van der Waals surface area contributed by atoms with Crippen LogP contribution in [0.1, 0.15) is 25.3 Å². The van der Waals surface area contributed by atoms with Gasteiger partial charge in [-0.25, -0.2) is 0 Å². The van der Waals surface area contributed by atoms with Crippen LogP contribution in [-0.4, -0.2) is 12.2 Å². The predicted molar refractivity (Wildman–Crippen MR) is 54.9 cm³/mol. The molecule has 1 rings (SSSR count). The third kappa shape index (κ3) is 2.42. The Bertz CT molecular complexity index is 347. The van der Waals surface area contributed by atoms with E-state index in [0.29, 0.717) is 5.69 Å². The van der Waals surface area contributed by atoms with Crippen molar-refractivity contribution >= 4 is 17.9 Å². The Morgan fingerprint density at radius 1 is 1.43 bits per heavy atom. The summed E-state index contributed by atoms with van der Waals surface area (Å²) >= 11 is 0. The van der Waals surface area contributed by atoms with Gasteiger partial charge in [0.25, 0.3) is 0 Å². The number of rotatable bonds is 3. The molecule has 1 radical (unpaired) electrons. The SMILES string of the molecule is CC(=O)Nc1ccccc1C(C)[C]=O. The molecule has 0 saturated heterocycles. The molecular weight excluding hydrogens is 178 g/mol. The van der Waals surface area contributed by atoms with Crippen LogP contribution >= 0.6 is 0 Å². The van der Waals surface area contributed by atoms with Gasteiger partial charge < -0.3 is 5.32 Å². The van der Waals surface area contributed by atoms with E-state index in [1.165, 1.54) is 6.92 Å². The molecule has 0 heterocycles. The standard InChI is InChI=1S/C11H12NO2/c1-8(7-13)10-5-3-4-6-11(10)12-9(2)14/h3-6,8H,1-2H3,(H,12,14). The topological polar surface area (TPSA) is 46.2 Å². The van der Waals surface area contributed by atoms with Gasteiger partial charge in [0.05, 0.1) is 0 Å². The van der Waals surface area contributed by atoms with Crippen LogP contribution in [-0.2, 0) is 9.59 Å². The molecular formula is C11H12NO2. The van der Waals surface area contributed by atoms with E-state index in [4.69, 9.17) is 0 Å². The van der Waals surface area contributed by atoms with Crippen molar-refractivity contribution in [2.45, 2.75) is 19.8 Å². The highest BCUT2D eigenvalue weighted by molar-refractivity contribution is 5.90. The summed E-state index contributed by atoms with van der Waals surface area (Å²) in [5.74, 6) is -0.464. The summed E-state index contributed by atoms with van der Waals surface area (Å²) in [7, 11) is 0. The molecule has 3 heteroatoms. The Balaban J connectivity index is 3.02. The van der Waals surface area contributed by atoms with E-state index in [1.807, 2.05) is 18.4 Å². The van der Waals surface area contributed by atoms with Crippen molar-refractivity contribution in [3.05, 3.63) is 29.8 Å². The van der Waals surface area contributed by atoms with Crippen molar-refractivity contribution in [1.82, 2.24) is 0 Å². The molecule has 0 aromatic heterocycles. The van der Waals surface area contributed by atoms with E-state index >= 15 is 0 Å². The fourth-order valence-corrected chi connectivity index (χ4v) is 1.24. The molecule has 1 aromatic carbocycles. The number of carbonyl (C=O) groups excluding carboxylic acids is 2. The van der Waals surface area contributed by atoms with Crippen LogP contribution in [0.5, 0.6) is 0 Å². The molecule has 0 bridgehead atoms. The van der Waals surface area contributed by atoms with Gasteiger partial charge in [0, 0.05) is 18.5 Å². The Morgan fingerprint density at radius 3 is 2.64 bits per heavy atom. The van der Waals surface area contributed by atoms with E-state index in [-0.39, 0.29) is 11.8 Å². The van der Waals surface area contributed by atoms with Gasteiger partial charge in [-0.3, -0.25) is 9.59 Å². The second-order valence-corrected chi connectivity index (χ2v) is 3.11. The minimum absolute atomic E-state index is 0.143. The maximum atomic E-state index is 10.9. The number of anilines is 1. The molecule has 1 unspecified atom stereocenters. The van der Waals surface area contributed by atoms with Gasteiger partial charge in [0.2, 0.25) is 12.2 Å². The lowest BCUT2D eigenvalue weighted by Gasteiger charge is -2.10. The summed E-state index contributed by atoms with van der Waals surface area (Å²) in [6, 6.07) is 7.21. The van der Waals surface area contributed by atoms with Crippen LogP contribution in [0.4, 0.5) is 5.69 Å². The summed E-state index contributed by atoms with van der Waals surface area (Å²) in [5.41, 5.74) is 1.47. The zero-order valence-corrected chi connectivity index (χ0v) is 8.20. The summed E-state index contributed by atoms with van der Waals surface area (Å²) < 4.78 is 0. The van der Waals surface area contributed by atoms with Gasteiger partial charge in [0.15, 0.2) is 0 Å². The third-order valence-corrected chi connectivity index (χ3v) is 1.91. The number of amides is 1. The summed E-state index contributed by atoms with van der Waals surface area (Å²) in [6.07, 6.45) is 1.89. The van der Waals surface area contributed by atoms with Gasteiger partial charge in [-0.2, -0.15) is 0 Å². The van der Waals surface area contributed by atoms with E-state index in [2.05, 4.69) is 5.32 Å². The van der Waals surface area contributed by atoms with Crippen molar-refractivity contribution in [3.63, 3.8) is 0 Å². The number of benzene rings is 1. The average molecular weight is 190 g/mol. The van der Waals surface area contributed by atoms with Gasteiger partial charge in [0.1, 0.15) is 0 Å². The molecule has 1 amide bonds. The van der Waals surface area contributed by atoms with Gasteiger partial charge in [-0.1, -0.05) is 25.1 Å². The van der Waals surface area contributed by atoms with Crippen molar-refractivity contribution in [1.29, 1.82) is 0 Å². The minimum Gasteiger partial charge on any atom is -0.326 e. The van der Waals surface area contributed by atoms with E-state index in [1.54, 1.807) is 19.1 Å². The molecule has 14 heavy (non-hydrogen) atoms. The Morgan fingerprint density at radius 2 is 2.07 bits per heavy atom. The number of hydrogen-bond donors (Lipinski definition) is 1. The maximum absolute atomic E-state index is 10.9. The lowest BCUT2D eigenvalue weighted by atomic mass is 10.0. The molecule has 0 saturated carbocycles. The first-order valence-corrected chi connectivity index (χ1v) is 4.39. The maximum Gasteiger partial charge on any atom is 0.221 e. The summed E-state index contributed by atoms with van der Waals surface area (Å²) in [4.78, 5) is 21.4. The molecule has 1 aromatic rings. The fourth-order valence-electron chi connectivity index (χ4n) is 1.24. The molecule has 1 atom stereocenters. The van der Waals surface area contributed by atoms with E-state index < -0.39 is 0 Å². The van der Waals surface area contributed by atoms with Crippen LogP contribution in [0.2, 0.25) is 0 Å². The van der Waals surface area contributed by atoms with E-state index in [9.17, 15) is 9.59 Å². The van der Waals surface area contributed by atoms with Crippen molar-refractivity contribution < 1.29 is 9.59 Å². The van der Waals surface area contributed by atoms with Crippen LogP contribution in [0.25, 0.3) is 0 Å². The monoisotopic (exact) mass is 190 g/mol. The second-order valence-electron chi connectivity index (χ2n) is 3.11. The highest BCUT2D eigenvalue weighted by Gasteiger charge is 2.10. The number of nitrogens with one attached hydrogen (secondary N) is 1. The molecule has 1 N–H and O–H groups in total. The zero-order valence-electron chi connectivity index (χ0n) is 8.20. The number of para-hydroxylation sites is 1. The minimum atomic E-state index is -0.321. The summed E-state index contributed by atoms with van der Waals surface area (Å²) in [6.45, 7) is 3.18. The number of carbonyl (C=O) groups is 1. The Hall–Kier alpha value is -1.64. The molecule has 73 valence electrons. The molecule has 0 aliphatic rings. The van der Waals surface area contributed by atoms with Gasteiger partial charge in [-0.15, -0.1) is 0 Å². The quantitative estimate of drug-likeness (QED) is 0.790. The fraction of sp³-hybridized carbons (Fsp3) is 0.273. The van der Waals surface area contributed by atoms with Gasteiger partial charge in [-0.05, 0) is 11.6 Å². The average Bonchev–Trinajstić information content (AvgIpc) is 2.16. The highest BCUT2D eigenvalue weighted by Crippen LogP contribution is 2.22.